The molecule has 84 valence electrons. The molecule has 2 heterocycles. The summed E-state index contributed by atoms with van der Waals surface area (Å²) in [5, 5.41) is 7.97. The molecule has 0 aliphatic heterocycles. The maximum atomic E-state index is 11.7. The SMILES string of the molecule is CCn1ccn(Cc2ccc(Cl)nn2)c1=O. The Morgan fingerprint density at radius 2 is 2.00 bits per heavy atom. The maximum absolute atomic E-state index is 11.7. The Bertz CT molecular complexity index is 528. The molecule has 5 nitrogen and oxygen atoms in total. The molecule has 6 heteroatoms. The molecule has 0 aliphatic carbocycles. The first-order valence-electron chi connectivity index (χ1n) is 4.94. The van der Waals surface area contributed by atoms with E-state index < -0.39 is 0 Å². The number of nitrogens with zero attached hydrogens (tertiary/aromatic N) is 4. The van der Waals surface area contributed by atoms with E-state index in [-0.39, 0.29) is 5.69 Å². The van der Waals surface area contributed by atoms with Crippen LogP contribution in [-0.4, -0.2) is 19.3 Å². The van der Waals surface area contributed by atoms with Gasteiger partial charge in [0.05, 0.1) is 12.2 Å². The number of aromatic nitrogens is 4. The van der Waals surface area contributed by atoms with Crippen LogP contribution in [0.3, 0.4) is 0 Å². The Morgan fingerprint density at radius 3 is 2.56 bits per heavy atom. The number of hydrogen-bond donors (Lipinski definition) is 0. The molecule has 2 aromatic heterocycles. The molecule has 0 aromatic carbocycles. The van der Waals surface area contributed by atoms with Crippen LogP contribution >= 0.6 is 11.6 Å². The van der Waals surface area contributed by atoms with Gasteiger partial charge >= 0.3 is 5.69 Å². The van der Waals surface area contributed by atoms with Crippen LogP contribution in [0.2, 0.25) is 5.15 Å². The number of hydrogen-bond acceptors (Lipinski definition) is 3. The van der Waals surface area contributed by atoms with Crippen molar-refractivity contribution in [2.75, 3.05) is 0 Å². The molecule has 0 bridgehead atoms. The van der Waals surface area contributed by atoms with E-state index in [2.05, 4.69) is 10.2 Å². The van der Waals surface area contributed by atoms with E-state index in [1.807, 2.05) is 6.92 Å². The van der Waals surface area contributed by atoms with Crippen molar-refractivity contribution in [2.45, 2.75) is 20.0 Å². The molecule has 0 radical (unpaired) electrons. The minimum atomic E-state index is -0.0424. The largest absolute Gasteiger partial charge is 0.328 e. The Balaban J connectivity index is 2.24. The van der Waals surface area contributed by atoms with Gasteiger partial charge in [0.2, 0.25) is 0 Å². The van der Waals surface area contributed by atoms with Gasteiger partial charge in [-0.1, -0.05) is 11.6 Å². The Hall–Kier alpha value is -1.62. The summed E-state index contributed by atoms with van der Waals surface area (Å²) in [4.78, 5) is 11.7. The highest BCUT2D eigenvalue weighted by molar-refractivity contribution is 6.29. The lowest BCUT2D eigenvalue weighted by atomic mass is 10.4. The fourth-order valence-corrected chi connectivity index (χ4v) is 1.52. The van der Waals surface area contributed by atoms with Crippen LogP contribution in [0, 0.1) is 0 Å². The van der Waals surface area contributed by atoms with E-state index in [4.69, 9.17) is 11.6 Å². The molecule has 0 saturated carbocycles. The fourth-order valence-electron chi connectivity index (χ4n) is 1.42. The van der Waals surface area contributed by atoms with Crippen molar-refractivity contribution in [3.05, 3.63) is 45.9 Å². The highest BCUT2D eigenvalue weighted by atomic mass is 35.5. The monoisotopic (exact) mass is 238 g/mol. The second kappa shape index (κ2) is 4.49. The van der Waals surface area contributed by atoms with E-state index in [0.717, 1.165) is 0 Å². The quantitative estimate of drug-likeness (QED) is 0.807. The van der Waals surface area contributed by atoms with Crippen LogP contribution < -0.4 is 5.69 Å². The summed E-state index contributed by atoms with van der Waals surface area (Å²) < 4.78 is 3.21. The third kappa shape index (κ3) is 2.14. The highest BCUT2D eigenvalue weighted by Crippen LogP contribution is 2.03. The highest BCUT2D eigenvalue weighted by Gasteiger charge is 2.03. The normalized spacial score (nSPS) is 10.6. The summed E-state index contributed by atoms with van der Waals surface area (Å²) in [6.07, 6.45) is 3.49. The Kier molecular flexibility index (Phi) is 3.05. The second-order valence-electron chi connectivity index (χ2n) is 3.34. The third-order valence-corrected chi connectivity index (χ3v) is 2.48. The first-order chi connectivity index (χ1) is 7.70. The summed E-state index contributed by atoms with van der Waals surface area (Å²) in [6, 6.07) is 3.41. The van der Waals surface area contributed by atoms with E-state index in [0.29, 0.717) is 23.9 Å². The van der Waals surface area contributed by atoms with E-state index >= 15 is 0 Å². The van der Waals surface area contributed by atoms with Crippen molar-refractivity contribution in [3.63, 3.8) is 0 Å². The van der Waals surface area contributed by atoms with Crippen LogP contribution in [-0.2, 0) is 13.1 Å². The van der Waals surface area contributed by atoms with Gasteiger partial charge in [-0.25, -0.2) is 4.79 Å². The zero-order valence-electron chi connectivity index (χ0n) is 8.80. The maximum Gasteiger partial charge on any atom is 0.328 e. The molecular formula is C10H11ClN4O. The van der Waals surface area contributed by atoms with Crippen LogP contribution in [0.25, 0.3) is 0 Å². The van der Waals surface area contributed by atoms with Gasteiger partial charge < -0.3 is 0 Å². The van der Waals surface area contributed by atoms with Gasteiger partial charge in [0.1, 0.15) is 0 Å². The van der Waals surface area contributed by atoms with Gasteiger partial charge in [-0.2, -0.15) is 5.10 Å². The van der Waals surface area contributed by atoms with Crippen LogP contribution in [0.1, 0.15) is 12.6 Å². The molecule has 0 fully saturated rings. The molecule has 0 saturated heterocycles. The van der Waals surface area contributed by atoms with Crippen molar-refractivity contribution in [3.8, 4) is 0 Å². The van der Waals surface area contributed by atoms with Crippen molar-refractivity contribution in [2.24, 2.45) is 0 Å². The zero-order valence-corrected chi connectivity index (χ0v) is 9.55. The van der Waals surface area contributed by atoms with Crippen molar-refractivity contribution in [1.29, 1.82) is 0 Å². The second-order valence-corrected chi connectivity index (χ2v) is 3.73. The molecule has 0 N–H and O–H groups in total. The van der Waals surface area contributed by atoms with Gasteiger partial charge in [-0.05, 0) is 19.1 Å². The van der Waals surface area contributed by atoms with Crippen molar-refractivity contribution >= 4 is 11.6 Å². The summed E-state index contributed by atoms with van der Waals surface area (Å²) >= 11 is 5.63. The van der Waals surface area contributed by atoms with E-state index in [9.17, 15) is 4.79 Å². The summed E-state index contributed by atoms with van der Waals surface area (Å²) in [5.74, 6) is 0. The van der Waals surface area contributed by atoms with E-state index in [1.165, 1.54) is 0 Å². The Labute approximate surface area is 97.3 Å². The third-order valence-electron chi connectivity index (χ3n) is 2.28. The van der Waals surface area contributed by atoms with Crippen LogP contribution in [0.4, 0.5) is 0 Å². The lowest BCUT2D eigenvalue weighted by Gasteiger charge is -2.00. The minimum absolute atomic E-state index is 0.0424. The van der Waals surface area contributed by atoms with Crippen LogP contribution in [0.15, 0.2) is 29.3 Å². The average Bonchev–Trinajstić information content (AvgIpc) is 2.63. The summed E-state index contributed by atoms with van der Waals surface area (Å²) in [7, 11) is 0. The smallest absolute Gasteiger partial charge is 0.300 e. The first kappa shape index (κ1) is 10.9. The van der Waals surface area contributed by atoms with Gasteiger partial charge in [0, 0.05) is 18.9 Å². The number of aryl methyl sites for hydroxylation is 1. The number of rotatable bonds is 3. The fraction of sp³-hybridized carbons (Fsp3) is 0.300. The molecule has 0 amide bonds. The molecule has 0 spiro atoms. The van der Waals surface area contributed by atoms with E-state index in [1.54, 1.807) is 33.7 Å². The number of halogens is 1. The zero-order chi connectivity index (χ0) is 11.5. The van der Waals surface area contributed by atoms with Gasteiger partial charge in [-0.3, -0.25) is 9.13 Å². The molecule has 0 atom stereocenters. The Morgan fingerprint density at radius 1 is 1.25 bits per heavy atom. The molecule has 2 rings (SSSR count). The molecule has 16 heavy (non-hydrogen) atoms. The predicted octanol–water partition coefficient (Wildman–Crippen LogP) is 1.16. The van der Waals surface area contributed by atoms with Gasteiger partial charge in [-0.15, -0.1) is 5.10 Å². The lowest BCUT2D eigenvalue weighted by Crippen LogP contribution is -2.24. The number of imidazole rings is 1. The summed E-state index contributed by atoms with van der Waals surface area (Å²) in [6.45, 7) is 3.00. The van der Waals surface area contributed by atoms with Crippen LogP contribution in [0.5, 0.6) is 0 Å². The average molecular weight is 239 g/mol. The van der Waals surface area contributed by atoms with Crippen molar-refractivity contribution in [1.82, 2.24) is 19.3 Å². The first-order valence-corrected chi connectivity index (χ1v) is 5.32. The van der Waals surface area contributed by atoms with Gasteiger partial charge in [0.15, 0.2) is 5.15 Å². The molecule has 0 unspecified atom stereocenters. The minimum Gasteiger partial charge on any atom is -0.300 e. The standard InChI is InChI=1S/C10H11ClN4O/c1-2-14-5-6-15(10(14)16)7-8-3-4-9(11)13-12-8/h3-6H,2,7H2,1H3. The van der Waals surface area contributed by atoms with Gasteiger partial charge in [0.25, 0.3) is 0 Å². The topological polar surface area (TPSA) is 52.7 Å². The molecule has 0 aliphatic rings. The molecule has 2 aromatic rings. The summed E-state index contributed by atoms with van der Waals surface area (Å²) in [5.41, 5.74) is 0.666. The molecular weight excluding hydrogens is 228 g/mol. The predicted molar refractivity (Wildman–Crippen MR) is 60.5 cm³/mol. The lowest BCUT2D eigenvalue weighted by molar-refractivity contribution is 0.657. The van der Waals surface area contributed by atoms with Crippen molar-refractivity contribution < 1.29 is 0 Å².